The van der Waals surface area contributed by atoms with Gasteiger partial charge >= 0.3 is 0 Å². The van der Waals surface area contributed by atoms with E-state index in [0.29, 0.717) is 6.54 Å². The van der Waals surface area contributed by atoms with Gasteiger partial charge in [-0.3, -0.25) is 4.68 Å². The van der Waals surface area contributed by atoms with Gasteiger partial charge in [0, 0.05) is 25.4 Å². The average Bonchev–Trinajstić information content (AvgIpc) is 3.04. The van der Waals surface area contributed by atoms with Crippen LogP contribution in [0.4, 0.5) is 4.39 Å². The average molecular weight is 288 g/mol. The molecule has 0 radical (unpaired) electrons. The number of aryl methyl sites for hydroxylation is 1. The Bertz CT molecular complexity index is 747. The Hall–Kier alpha value is -2.05. The molecule has 0 atom stereocenters. The molecule has 6 heteroatoms. The first-order valence-corrected chi connectivity index (χ1v) is 6.94. The minimum absolute atomic E-state index is 0.262. The summed E-state index contributed by atoms with van der Waals surface area (Å²) in [4.78, 5) is 5.45. The third kappa shape index (κ3) is 2.35. The van der Waals surface area contributed by atoms with E-state index in [2.05, 4.69) is 10.1 Å². The van der Waals surface area contributed by atoms with Crippen molar-refractivity contribution in [3.8, 4) is 21.7 Å². The molecule has 1 aromatic carbocycles. The summed E-state index contributed by atoms with van der Waals surface area (Å²) in [6.07, 6.45) is 3.64. The van der Waals surface area contributed by atoms with Gasteiger partial charge in [0.1, 0.15) is 10.8 Å². The quantitative estimate of drug-likeness (QED) is 0.806. The number of hydrogen-bond donors (Lipinski definition) is 1. The Morgan fingerprint density at radius 3 is 2.85 bits per heavy atom. The summed E-state index contributed by atoms with van der Waals surface area (Å²) in [5.74, 6) is -0.262. The molecule has 0 saturated heterocycles. The van der Waals surface area contributed by atoms with Crippen LogP contribution in [0.5, 0.6) is 0 Å². The fourth-order valence-corrected chi connectivity index (χ4v) is 2.98. The van der Waals surface area contributed by atoms with E-state index in [1.54, 1.807) is 16.9 Å². The smallest absolute Gasteiger partial charge is 0.123 e. The highest BCUT2D eigenvalue weighted by Gasteiger charge is 2.15. The van der Waals surface area contributed by atoms with Crippen molar-refractivity contribution >= 4 is 11.3 Å². The van der Waals surface area contributed by atoms with Crippen LogP contribution >= 0.6 is 11.3 Å². The lowest BCUT2D eigenvalue weighted by atomic mass is 10.1. The van der Waals surface area contributed by atoms with Gasteiger partial charge in [-0.1, -0.05) is 12.1 Å². The van der Waals surface area contributed by atoms with E-state index < -0.39 is 0 Å². The van der Waals surface area contributed by atoms with Crippen molar-refractivity contribution in [3.63, 3.8) is 0 Å². The first-order chi connectivity index (χ1) is 9.67. The Morgan fingerprint density at radius 1 is 1.35 bits per heavy atom. The third-order valence-corrected chi connectivity index (χ3v) is 4.04. The van der Waals surface area contributed by atoms with Crippen molar-refractivity contribution in [2.24, 2.45) is 12.8 Å². The maximum absolute atomic E-state index is 13.4. The lowest BCUT2D eigenvalue weighted by Gasteiger charge is -2.00. The summed E-state index contributed by atoms with van der Waals surface area (Å²) in [5, 5.41) is 4.98. The van der Waals surface area contributed by atoms with E-state index in [1.165, 1.54) is 23.5 Å². The Morgan fingerprint density at radius 2 is 2.20 bits per heavy atom. The van der Waals surface area contributed by atoms with Crippen LogP contribution in [0.2, 0.25) is 0 Å². The molecular formula is C14H13FN4S. The van der Waals surface area contributed by atoms with Gasteiger partial charge in [-0.2, -0.15) is 5.10 Å². The largest absolute Gasteiger partial charge is 0.325 e. The summed E-state index contributed by atoms with van der Waals surface area (Å²) in [5.41, 5.74) is 8.19. The number of aromatic nitrogens is 3. The van der Waals surface area contributed by atoms with Crippen LogP contribution in [-0.4, -0.2) is 14.8 Å². The first kappa shape index (κ1) is 13.0. The van der Waals surface area contributed by atoms with Crippen LogP contribution in [0, 0.1) is 5.82 Å². The lowest BCUT2D eigenvalue weighted by molar-refractivity contribution is 0.628. The molecule has 0 amide bonds. The number of hydrogen-bond acceptors (Lipinski definition) is 4. The summed E-state index contributed by atoms with van der Waals surface area (Å²) in [6.45, 7) is 0.368. The number of nitrogens with zero attached hydrogens (tertiary/aromatic N) is 3. The molecule has 0 aliphatic carbocycles. The van der Waals surface area contributed by atoms with E-state index in [-0.39, 0.29) is 5.82 Å². The summed E-state index contributed by atoms with van der Waals surface area (Å²) < 4.78 is 15.1. The predicted octanol–water partition coefficient (Wildman–Crippen LogP) is 2.81. The van der Waals surface area contributed by atoms with Gasteiger partial charge in [0.05, 0.1) is 16.8 Å². The first-order valence-electron chi connectivity index (χ1n) is 6.12. The molecule has 20 heavy (non-hydrogen) atoms. The molecule has 0 fully saturated rings. The van der Waals surface area contributed by atoms with Crippen molar-refractivity contribution in [3.05, 3.63) is 47.5 Å². The number of benzene rings is 1. The van der Waals surface area contributed by atoms with Gasteiger partial charge < -0.3 is 5.73 Å². The maximum atomic E-state index is 13.4. The molecule has 3 aromatic rings. The highest BCUT2D eigenvalue weighted by molar-refractivity contribution is 7.15. The fraction of sp³-hybridized carbons (Fsp3) is 0.143. The van der Waals surface area contributed by atoms with Crippen LogP contribution in [0.15, 0.2) is 36.7 Å². The van der Waals surface area contributed by atoms with E-state index in [9.17, 15) is 4.39 Å². The second kappa shape index (κ2) is 5.15. The Balaban J connectivity index is 2.17. The number of nitrogens with two attached hydrogens (primary N) is 1. The lowest BCUT2D eigenvalue weighted by Crippen LogP contribution is -1.94. The van der Waals surface area contributed by atoms with Crippen molar-refractivity contribution in [1.29, 1.82) is 0 Å². The number of thiazole rings is 1. The second-order valence-corrected chi connectivity index (χ2v) is 5.49. The molecule has 0 aliphatic heterocycles. The SMILES string of the molecule is Cn1cc(-c2nc(CN)sc2-c2cccc(F)c2)cn1. The van der Waals surface area contributed by atoms with Crippen molar-refractivity contribution in [2.45, 2.75) is 6.54 Å². The zero-order valence-electron chi connectivity index (χ0n) is 10.9. The van der Waals surface area contributed by atoms with Gasteiger partial charge in [-0.25, -0.2) is 9.37 Å². The normalized spacial score (nSPS) is 10.9. The molecule has 2 heterocycles. The van der Waals surface area contributed by atoms with Gasteiger partial charge in [-0.05, 0) is 17.7 Å². The zero-order chi connectivity index (χ0) is 14.1. The zero-order valence-corrected chi connectivity index (χ0v) is 11.7. The molecule has 0 unspecified atom stereocenters. The minimum Gasteiger partial charge on any atom is -0.325 e. The van der Waals surface area contributed by atoms with Crippen LogP contribution in [0.25, 0.3) is 21.7 Å². The number of rotatable bonds is 3. The van der Waals surface area contributed by atoms with E-state index in [0.717, 1.165) is 26.7 Å². The molecule has 0 bridgehead atoms. The van der Waals surface area contributed by atoms with Crippen LogP contribution < -0.4 is 5.73 Å². The van der Waals surface area contributed by atoms with Crippen molar-refractivity contribution < 1.29 is 4.39 Å². The van der Waals surface area contributed by atoms with E-state index >= 15 is 0 Å². The van der Waals surface area contributed by atoms with E-state index in [4.69, 9.17) is 5.73 Å². The van der Waals surface area contributed by atoms with Gasteiger partial charge in [-0.15, -0.1) is 11.3 Å². The Labute approximate surface area is 119 Å². The topological polar surface area (TPSA) is 56.7 Å². The highest BCUT2D eigenvalue weighted by Crippen LogP contribution is 2.36. The van der Waals surface area contributed by atoms with Gasteiger partial charge in [0.25, 0.3) is 0 Å². The number of halogens is 1. The molecular weight excluding hydrogens is 275 g/mol. The monoisotopic (exact) mass is 288 g/mol. The molecule has 0 saturated carbocycles. The van der Waals surface area contributed by atoms with Crippen molar-refractivity contribution in [2.75, 3.05) is 0 Å². The van der Waals surface area contributed by atoms with Crippen LogP contribution in [0.1, 0.15) is 5.01 Å². The summed E-state index contributed by atoms with van der Waals surface area (Å²) in [6, 6.07) is 6.50. The minimum atomic E-state index is -0.262. The standard InChI is InChI=1S/C14H13FN4S/c1-19-8-10(7-17-19)13-14(20-12(6-16)18-13)9-3-2-4-11(15)5-9/h2-5,7-8H,6,16H2,1H3. The second-order valence-electron chi connectivity index (χ2n) is 4.40. The Kier molecular flexibility index (Phi) is 3.33. The molecule has 0 aliphatic rings. The summed E-state index contributed by atoms with van der Waals surface area (Å²) >= 11 is 1.49. The van der Waals surface area contributed by atoms with Crippen LogP contribution in [0.3, 0.4) is 0 Å². The molecule has 4 nitrogen and oxygen atoms in total. The molecule has 2 N–H and O–H groups in total. The molecule has 0 spiro atoms. The predicted molar refractivity (Wildman–Crippen MR) is 77.6 cm³/mol. The van der Waals surface area contributed by atoms with Crippen LogP contribution in [-0.2, 0) is 13.6 Å². The molecule has 102 valence electrons. The van der Waals surface area contributed by atoms with Gasteiger partial charge in [0.15, 0.2) is 0 Å². The molecule has 2 aromatic heterocycles. The molecule has 3 rings (SSSR count). The van der Waals surface area contributed by atoms with Gasteiger partial charge in [0.2, 0.25) is 0 Å². The van der Waals surface area contributed by atoms with Crippen molar-refractivity contribution in [1.82, 2.24) is 14.8 Å². The highest BCUT2D eigenvalue weighted by atomic mass is 32.1. The third-order valence-electron chi connectivity index (χ3n) is 2.91. The summed E-state index contributed by atoms with van der Waals surface area (Å²) in [7, 11) is 1.85. The maximum Gasteiger partial charge on any atom is 0.123 e. The van der Waals surface area contributed by atoms with E-state index in [1.807, 2.05) is 19.3 Å². The fourth-order valence-electron chi connectivity index (χ4n) is 2.02.